The van der Waals surface area contributed by atoms with E-state index in [-0.39, 0.29) is 15.9 Å². The maximum Gasteiger partial charge on any atom is 0.206 e. The van der Waals surface area contributed by atoms with Crippen LogP contribution in [0.1, 0.15) is 20.3 Å². The van der Waals surface area contributed by atoms with Crippen LogP contribution in [-0.2, 0) is 9.84 Å². The zero-order chi connectivity index (χ0) is 19.2. The predicted molar refractivity (Wildman–Crippen MR) is 106 cm³/mol. The fraction of sp³-hybridized carbons (Fsp3) is 0.238. The van der Waals surface area contributed by atoms with Gasteiger partial charge in [0.2, 0.25) is 9.84 Å². The Kier molecular flexibility index (Phi) is 6.64. The van der Waals surface area contributed by atoms with Gasteiger partial charge >= 0.3 is 0 Å². The highest BCUT2D eigenvalue weighted by molar-refractivity contribution is 7.99. The molecule has 26 heavy (non-hydrogen) atoms. The van der Waals surface area contributed by atoms with Crippen LogP contribution in [-0.4, -0.2) is 21.6 Å². The number of allylic oxidation sites excluding steroid dienone is 5. The molecular formula is C21H24O4S. The summed E-state index contributed by atoms with van der Waals surface area (Å²) in [6.45, 7) is 7.44. The monoisotopic (exact) mass is 372 g/mol. The van der Waals surface area contributed by atoms with E-state index in [0.29, 0.717) is 12.2 Å². The Hall–Kier alpha value is -2.53. The molecule has 0 aromatic heterocycles. The molecule has 1 aliphatic rings. The first kappa shape index (κ1) is 19.8. The van der Waals surface area contributed by atoms with Crippen LogP contribution in [0.3, 0.4) is 0 Å². The molecule has 1 aliphatic carbocycles. The van der Waals surface area contributed by atoms with Gasteiger partial charge in [-0.2, -0.15) is 0 Å². The van der Waals surface area contributed by atoms with Gasteiger partial charge < -0.3 is 9.47 Å². The number of hydrogen-bond donors (Lipinski definition) is 0. The molecule has 0 heterocycles. The second kappa shape index (κ2) is 8.72. The minimum Gasteiger partial charge on any atom is -0.497 e. The summed E-state index contributed by atoms with van der Waals surface area (Å²) in [4.78, 5) is 0.449. The van der Waals surface area contributed by atoms with Crippen LogP contribution in [0, 0.1) is 0 Å². The van der Waals surface area contributed by atoms with Crippen molar-refractivity contribution in [3.8, 4) is 11.5 Å². The Balaban J connectivity index is 2.10. The van der Waals surface area contributed by atoms with E-state index in [0.717, 1.165) is 11.3 Å². The summed E-state index contributed by atoms with van der Waals surface area (Å²) >= 11 is 0. The summed E-state index contributed by atoms with van der Waals surface area (Å²) < 4.78 is 36.4. The normalized spacial score (nSPS) is 17.3. The van der Waals surface area contributed by atoms with E-state index < -0.39 is 9.84 Å². The third-order valence-electron chi connectivity index (χ3n) is 3.78. The van der Waals surface area contributed by atoms with Crippen LogP contribution in [0.15, 0.2) is 82.7 Å². The molecule has 0 fully saturated rings. The molecule has 0 radical (unpaired) electrons. The van der Waals surface area contributed by atoms with Crippen molar-refractivity contribution in [2.45, 2.75) is 26.4 Å². The Morgan fingerprint density at radius 2 is 1.81 bits per heavy atom. The summed E-state index contributed by atoms with van der Waals surface area (Å²) in [5.41, 5.74) is 1.01. The molecule has 0 bridgehead atoms. The molecule has 4 nitrogen and oxygen atoms in total. The van der Waals surface area contributed by atoms with Gasteiger partial charge in [-0.15, -0.1) is 0 Å². The van der Waals surface area contributed by atoms with Gasteiger partial charge in [0.05, 0.1) is 16.9 Å². The zero-order valence-corrected chi connectivity index (χ0v) is 16.1. The maximum atomic E-state index is 12.7. The van der Waals surface area contributed by atoms with Gasteiger partial charge in [0.15, 0.2) is 0 Å². The Morgan fingerprint density at radius 1 is 1.15 bits per heavy atom. The number of hydrogen-bond acceptors (Lipinski definition) is 4. The predicted octanol–water partition coefficient (Wildman–Crippen LogP) is 4.74. The van der Waals surface area contributed by atoms with Gasteiger partial charge in [-0.3, -0.25) is 0 Å². The molecular weight excluding hydrogens is 348 g/mol. The molecule has 1 aromatic rings. The summed E-state index contributed by atoms with van der Waals surface area (Å²) in [5.74, 6) is 1.46. The van der Waals surface area contributed by atoms with Crippen molar-refractivity contribution < 1.29 is 17.9 Å². The van der Waals surface area contributed by atoms with Crippen molar-refractivity contribution in [3.63, 3.8) is 0 Å². The van der Waals surface area contributed by atoms with Crippen molar-refractivity contribution in [1.29, 1.82) is 0 Å². The van der Waals surface area contributed by atoms with Gasteiger partial charge in [-0.05, 0) is 56.3 Å². The van der Waals surface area contributed by atoms with Gasteiger partial charge in [-0.1, -0.05) is 30.4 Å². The molecule has 1 unspecified atom stereocenters. The molecule has 5 heteroatoms. The maximum absolute atomic E-state index is 12.7. The highest BCUT2D eigenvalue weighted by atomic mass is 32.2. The fourth-order valence-electron chi connectivity index (χ4n) is 2.35. The van der Waals surface area contributed by atoms with E-state index in [1.165, 1.54) is 6.08 Å². The van der Waals surface area contributed by atoms with Gasteiger partial charge in [0.25, 0.3) is 0 Å². The van der Waals surface area contributed by atoms with E-state index >= 15 is 0 Å². The Labute approximate surface area is 155 Å². The van der Waals surface area contributed by atoms with Crippen molar-refractivity contribution >= 4 is 9.84 Å². The minimum atomic E-state index is -3.57. The Morgan fingerprint density at radius 3 is 2.31 bits per heavy atom. The molecule has 138 valence electrons. The van der Waals surface area contributed by atoms with Crippen LogP contribution in [0.25, 0.3) is 0 Å². The standard InChI is InChI=1S/C21H24O4S/c1-5-20(13-6-16(2)3)26(22,23)21-14-11-19(12-15-21)25-18-9-7-17(24-4)8-10-18/h5-11,13-15,19H,1,12H2,2-4H3/b20-13+. The Bertz CT molecular complexity index is 865. The first-order valence-corrected chi connectivity index (χ1v) is 9.77. The van der Waals surface area contributed by atoms with Gasteiger partial charge in [-0.25, -0.2) is 8.42 Å². The molecule has 2 rings (SSSR count). The number of ether oxygens (including phenoxy) is 2. The van der Waals surface area contributed by atoms with E-state index in [9.17, 15) is 8.42 Å². The molecule has 0 saturated carbocycles. The average Bonchev–Trinajstić information content (AvgIpc) is 2.63. The van der Waals surface area contributed by atoms with Crippen molar-refractivity contribution in [2.75, 3.05) is 7.11 Å². The van der Waals surface area contributed by atoms with Crippen LogP contribution in [0.4, 0.5) is 0 Å². The lowest BCUT2D eigenvalue weighted by molar-refractivity contribution is 0.251. The smallest absolute Gasteiger partial charge is 0.206 e. The molecule has 0 amide bonds. The summed E-state index contributed by atoms with van der Waals surface area (Å²) in [6.07, 6.45) is 10.0. The van der Waals surface area contributed by atoms with Crippen molar-refractivity contribution in [2.24, 2.45) is 0 Å². The molecule has 0 N–H and O–H groups in total. The second-order valence-corrected chi connectivity index (χ2v) is 8.00. The molecule has 1 atom stereocenters. The van der Waals surface area contributed by atoms with Crippen molar-refractivity contribution in [3.05, 3.63) is 82.7 Å². The average molecular weight is 372 g/mol. The summed E-state index contributed by atoms with van der Waals surface area (Å²) in [5, 5.41) is 0. The van der Waals surface area contributed by atoms with Gasteiger partial charge in [0, 0.05) is 6.42 Å². The lowest BCUT2D eigenvalue weighted by atomic mass is 10.1. The quantitative estimate of drug-likeness (QED) is 0.649. The van der Waals surface area contributed by atoms with Crippen LogP contribution < -0.4 is 9.47 Å². The highest BCUT2D eigenvalue weighted by Gasteiger charge is 2.22. The number of rotatable bonds is 7. The van der Waals surface area contributed by atoms with Gasteiger partial charge in [0.1, 0.15) is 17.6 Å². The van der Waals surface area contributed by atoms with Crippen LogP contribution in [0.2, 0.25) is 0 Å². The zero-order valence-electron chi connectivity index (χ0n) is 15.3. The molecule has 0 aliphatic heterocycles. The lowest BCUT2D eigenvalue weighted by Gasteiger charge is -2.18. The van der Waals surface area contributed by atoms with E-state index in [1.807, 2.05) is 38.1 Å². The number of sulfone groups is 1. The largest absolute Gasteiger partial charge is 0.497 e. The molecule has 1 aromatic carbocycles. The third kappa shape index (κ3) is 4.99. The van der Waals surface area contributed by atoms with Crippen LogP contribution in [0.5, 0.6) is 11.5 Å². The highest BCUT2D eigenvalue weighted by Crippen LogP contribution is 2.26. The van der Waals surface area contributed by atoms with E-state index in [4.69, 9.17) is 9.47 Å². The minimum absolute atomic E-state index is 0.184. The molecule has 0 spiro atoms. The number of methoxy groups -OCH3 is 1. The number of benzene rings is 1. The second-order valence-electron chi connectivity index (χ2n) is 6.05. The first-order chi connectivity index (χ1) is 12.4. The van der Waals surface area contributed by atoms with Crippen molar-refractivity contribution in [1.82, 2.24) is 0 Å². The van der Waals surface area contributed by atoms with E-state index in [1.54, 1.807) is 37.5 Å². The van der Waals surface area contributed by atoms with Crippen LogP contribution >= 0.6 is 0 Å². The lowest BCUT2D eigenvalue weighted by Crippen LogP contribution is -2.17. The molecule has 0 saturated heterocycles. The fourth-order valence-corrected chi connectivity index (χ4v) is 3.66. The third-order valence-corrected chi connectivity index (χ3v) is 5.62. The SMILES string of the molecule is C=C/C(=C\C=C(C)C)S(=O)(=O)C1=CCC(Oc2ccc(OC)cc2)C=C1. The topological polar surface area (TPSA) is 52.6 Å². The summed E-state index contributed by atoms with van der Waals surface area (Å²) in [7, 11) is -1.97. The van der Waals surface area contributed by atoms with E-state index in [2.05, 4.69) is 6.58 Å². The summed E-state index contributed by atoms with van der Waals surface area (Å²) in [6, 6.07) is 7.28. The first-order valence-electron chi connectivity index (χ1n) is 8.28.